The van der Waals surface area contributed by atoms with Crippen LogP contribution in [0.1, 0.15) is 60.0 Å². The molecular formula is C22H24FN7O2. The van der Waals surface area contributed by atoms with Crippen LogP contribution in [0.3, 0.4) is 0 Å². The van der Waals surface area contributed by atoms with Gasteiger partial charge in [0.1, 0.15) is 24.0 Å². The van der Waals surface area contributed by atoms with Crippen LogP contribution in [0.25, 0.3) is 0 Å². The molecule has 2 atom stereocenters. The van der Waals surface area contributed by atoms with Gasteiger partial charge in [0.05, 0.1) is 11.7 Å². The maximum absolute atomic E-state index is 13.2. The van der Waals surface area contributed by atoms with Gasteiger partial charge in [0.25, 0.3) is 11.8 Å². The van der Waals surface area contributed by atoms with Gasteiger partial charge in [0.2, 0.25) is 5.82 Å². The lowest BCUT2D eigenvalue weighted by molar-refractivity contribution is -0.120. The van der Waals surface area contributed by atoms with Crippen LogP contribution in [-0.4, -0.2) is 49.4 Å². The number of rotatable bonds is 5. The normalized spacial score (nSPS) is 19.4. The van der Waals surface area contributed by atoms with Crippen molar-refractivity contribution in [2.75, 3.05) is 11.9 Å². The molecule has 0 spiro atoms. The van der Waals surface area contributed by atoms with Crippen molar-refractivity contribution in [1.29, 1.82) is 0 Å². The van der Waals surface area contributed by atoms with Gasteiger partial charge in [-0.05, 0) is 43.9 Å². The van der Waals surface area contributed by atoms with Gasteiger partial charge in [-0.15, -0.1) is 5.10 Å². The Hall–Kier alpha value is -3.56. The molecule has 32 heavy (non-hydrogen) atoms. The molecule has 1 fully saturated rings. The molecule has 0 unspecified atom stereocenters. The van der Waals surface area contributed by atoms with E-state index in [1.54, 1.807) is 24.1 Å². The molecule has 1 saturated carbocycles. The first-order valence-electron chi connectivity index (χ1n) is 10.7. The van der Waals surface area contributed by atoms with Crippen molar-refractivity contribution in [3.63, 3.8) is 0 Å². The number of anilines is 1. The Balaban J connectivity index is 1.27. The zero-order valence-electron chi connectivity index (χ0n) is 17.9. The van der Waals surface area contributed by atoms with Crippen molar-refractivity contribution in [3.8, 4) is 0 Å². The Morgan fingerprint density at radius 1 is 1.19 bits per heavy atom. The number of fused-ring (bicyclic) bond motifs is 1. The predicted molar refractivity (Wildman–Crippen MR) is 114 cm³/mol. The van der Waals surface area contributed by atoms with E-state index >= 15 is 0 Å². The van der Waals surface area contributed by atoms with E-state index < -0.39 is 11.9 Å². The first-order chi connectivity index (χ1) is 15.4. The van der Waals surface area contributed by atoms with Gasteiger partial charge < -0.3 is 5.32 Å². The fraction of sp³-hybridized carbons (Fsp3) is 0.409. The van der Waals surface area contributed by atoms with Crippen LogP contribution in [0, 0.1) is 5.82 Å². The SMILES string of the molecule is C[C@@H](c1ccc(F)cc1)n1cnc(C(=O)N[C@H]2CCn3nc(C4CC4)cc3N(C)C2=O)n1. The largest absolute Gasteiger partial charge is 0.337 e. The van der Waals surface area contributed by atoms with Crippen molar-refractivity contribution in [2.24, 2.45) is 0 Å². The lowest BCUT2D eigenvalue weighted by atomic mass is 10.1. The van der Waals surface area contributed by atoms with E-state index in [4.69, 9.17) is 0 Å². The second-order valence-corrected chi connectivity index (χ2v) is 8.41. The molecule has 2 aromatic heterocycles. The predicted octanol–water partition coefficient (Wildman–Crippen LogP) is 2.27. The van der Waals surface area contributed by atoms with E-state index in [1.165, 1.54) is 23.1 Å². The van der Waals surface area contributed by atoms with Crippen LogP contribution < -0.4 is 10.2 Å². The summed E-state index contributed by atoms with van der Waals surface area (Å²) in [5, 5.41) is 11.7. The number of amides is 2. The van der Waals surface area contributed by atoms with Gasteiger partial charge in [-0.3, -0.25) is 14.5 Å². The highest BCUT2D eigenvalue weighted by Gasteiger charge is 2.34. The van der Waals surface area contributed by atoms with Gasteiger partial charge in [-0.2, -0.15) is 5.10 Å². The van der Waals surface area contributed by atoms with E-state index in [0.717, 1.165) is 29.9 Å². The van der Waals surface area contributed by atoms with Crippen LogP contribution in [-0.2, 0) is 11.3 Å². The number of hydrogen-bond donors (Lipinski definition) is 1. The molecule has 0 bridgehead atoms. The number of hydrogen-bond acceptors (Lipinski definition) is 5. The quantitative estimate of drug-likeness (QED) is 0.660. The summed E-state index contributed by atoms with van der Waals surface area (Å²) in [5.74, 6) is 0.213. The highest BCUT2D eigenvalue weighted by Crippen LogP contribution is 2.40. The smallest absolute Gasteiger partial charge is 0.291 e. The highest BCUT2D eigenvalue weighted by molar-refractivity contribution is 6.00. The molecule has 0 saturated heterocycles. The third-order valence-corrected chi connectivity index (χ3v) is 6.14. The van der Waals surface area contributed by atoms with Crippen molar-refractivity contribution >= 4 is 17.6 Å². The first kappa shape index (κ1) is 20.3. The van der Waals surface area contributed by atoms with Gasteiger partial charge in [0, 0.05) is 25.6 Å². The zero-order valence-corrected chi connectivity index (χ0v) is 17.9. The Kier molecular flexibility index (Phi) is 4.99. The standard InChI is InChI=1S/C22H24FN7O2/c1-13(14-5-7-16(23)8-6-14)30-12-24-20(27-30)21(31)25-17-9-10-29-19(28(2)22(17)32)11-18(26-29)15-3-4-15/h5-8,11-13,15,17H,3-4,9-10H2,1-2H3,(H,25,31)/t13-,17-/m0/s1. The zero-order chi connectivity index (χ0) is 22.4. The van der Waals surface area contributed by atoms with E-state index in [9.17, 15) is 14.0 Å². The van der Waals surface area contributed by atoms with E-state index in [2.05, 4.69) is 20.5 Å². The topological polar surface area (TPSA) is 97.9 Å². The average Bonchev–Trinajstić information content (AvgIpc) is 3.39. The highest BCUT2D eigenvalue weighted by atomic mass is 19.1. The summed E-state index contributed by atoms with van der Waals surface area (Å²) in [7, 11) is 1.70. The van der Waals surface area contributed by atoms with Crippen molar-refractivity contribution in [1.82, 2.24) is 29.9 Å². The van der Waals surface area contributed by atoms with Crippen LogP contribution in [0.5, 0.6) is 0 Å². The molecule has 3 aromatic rings. The minimum Gasteiger partial charge on any atom is -0.337 e. The van der Waals surface area contributed by atoms with E-state index in [0.29, 0.717) is 18.9 Å². The van der Waals surface area contributed by atoms with Gasteiger partial charge >= 0.3 is 0 Å². The van der Waals surface area contributed by atoms with Crippen LogP contribution in [0.4, 0.5) is 10.2 Å². The molecule has 0 radical (unpaired) electrons. The van der Waals surface area contributed by atoms with Crippen LogP contribution in [0.2, 0.25) is 0 Å². The maximum Gasteiger partial charge on any atom is 0.291 e. The summed E-state index contributed by atoms with van der Waals surface area (Å²) in [5.41, 5.74) is 1.87. The minimum absolute atomic E-state index is 0.0209. The molecule has 166 valence electrons. The van der Waals surface area contributed by atoms with Crippen LogP contribution in [0.15, 0.2) is 36.7 Å². The number of aromatic nitrogens is 5. The Morgan fingerprint density at radius 2 is 1.94 bits per heavy atom. The second kappa shape index (κ2) is 7.85. The number of benzene rings is 1. The lowest BCUT2D eigenvalue weighted by Crippen LogP contribution is -2.47. The molecular weight excluding hydrogens is 413 g/mol. The third kappa shape index (κ3) is 3.76. The fourth-order valence-electron chi connectivity index (χ4n) is 3.98. The number of carbonyl (C=O) groups is 2. The molecule has 1 N–H and O–H groups in total. The van der Waals surface area contributed by atoms with Crippen molar-refractivity contribution in [2.45, 2.75) is 50.7 Å². The summed E-state index contributed by atoms with van der Waals surface area (Å²) in [4.78, 5) is 31.4. The summed E-state index contributed by atoms with van der Waals surface area (Å²) >= 11 is 0. The van der Waals surface area contributed by atoms with Gasteiger partial charge in [-0.25, -0.2) is 18.7 Å². The van der Waals surface area contributed by atoms with E-state index in [-0.39, 0.29) is 23.6 Å². The Labute approximate surface area is 184 Å². The molecule has 2 amide bonds. The molecule has 5 rings (SSSR count). The third-order valence-electron chi connectivity index (χ3n) is 6.14. The minimum atomic E-state index is -0.694. The average molecular weight is 437 g/mol. The van der Waals surface area contributed by atoms with Gasteiger partial charge in [-0.1, -0.05) is 12.1 Å². The molecule has 10 heteroatoms. The summed E-state index contributed by atoms with van der Waals surface area (Å²) in [6.45, 7) is 2.41. The Morgan fingerprint density at radius 3 is 2.66 bits per heavy atom. The van der Waals surface area contributed by atoms with Crippen LogP contribution >= 0.6 is 0 Å². The monoisotopic (exact) mass is 437 g/mol. The number of carbonyl (C=O) groups excluding carboxylic acids is 2. The van der Waals surface area contributed by atoms with Gasteiger partial charge in [0.15, 0.2) is 0 Å². The molecule has 1 aromatic carbocycles. The molecule has 2 aliphatic rings. The number of nitrogens with one attached hydrogen (secondary N) is 1. The first-order valence-corrected chi connectivity index (χ1v) is 10.7. The lowest BCUT2D eigenvalue weighted by Gasteiger charge is -2.20. The van der Waals surface area contributed by atoms with E-state index in [1.807, 2.05) is 17.7 Å². The van der Waals surface area contributed by atoms with Crippen molar-refractivity contribution < 1.29 is 14.0 Å². The fourth-order valence-corrected chi connectivity index (χ4v) is 3.98. The van der Waals surface area contributed by atoms with Crippen molar-refractivity contribution in [3.05, 3.63) is 59.6 Å². The summed E-state index contributed by atoms with van der Waals surface area (Å²) in [6, 6.07) is 7.14. The number of nitrogens with zero attached hydrogens (tertiary/aromatic N) is 6. The summed E-state index contributed by atoms with van der Waals surface area (Å²) in [6.07, 6.45) is 4.18. The molecule has 9 nitrogen and oxygen atoms in total. The molecule has 1 aliphatic heterocycles. The maximum atomic E-state index is 13.2. The number of likely N-dealkylation sites (N-methyl/N-ethyl adjacent to an activating group) is 1. The number of halogens is 1. The summed E-state index contributed by atoms with van der Waals surface area (Å²) < 4.78 is 16.6. The molecule has 1 aliphatic carbocycles. The Bertz CT molecular complexity index is 1170. The molecule has 3 heterocycles. The second-order valence-electron chi connectivity index (χ2n) is 8.41. The number of aryl methyl sites for hydroxylation is 1.